The van der Waals surface area contributed by atoms with Gasteiger partial charge in [-0.15, -0.1) is 0 Å². The van der Waals surface area contributed by atoms with Gasteiger partial charge in [0.2, 0.25) is 5.91 Å². The molecule has 5 heteroatoms. The lowest BCUT2D eigenvalue weighted by Gasteiger charge is -2.05. The molecule has 2 aromatic carbocycles. The second-order valence-corrected chi connectivity index (χ2v) is 7.46. The Bertz CT molecular complexity index is 1140. The standard InChI is InChI=1S/C25H26N2O3/c1-17-3-5-18(6-4-17)24-11-8-20(30-24)9-12-25(28)26-14-13-19-16-27-23-15-21(29-2)7-10-22(19)23/h3-8,10-11,15-16,27H,9,12-14H2,1-2H3,(H,26,28). The van der Waals surface area contributed by atoms with Gasteiger partial charge in [-0.2, -0.15) is 0 Å². The van der Waals surface area contributed by atoms with Gasteiger partial charge in [-0.1, -0.05) is 29.8 Å². The van der Waals surface area contributed by atoms with Crippen LogP contribution in [0.5, 0.6) is 5.75 Å². The first kappa shape index (κ1) is 19.8. The van der Waals surface area contributed by atoms with E-state index in [4.69, 9.17) is 9.15 Å². The van der Waals surface area contributed by atoms with Crippen LogP contribution in [0.15, 0.2) is 65.2 Å². The Morgan fingerprint density at radius 1 is 1.07 bits per heavy atom. The third-order valence-electron chi connectivity index (χ3n) is 5.29. The molecule has 0 radical (unpaired) electrons. The van der Waals surface area contributed by atoms with Crippen LogP contribution >= 0.6 is 0 Å². The number of benzene rings is 2. The first-order chi connectivity index (χ1) is 14.6. The van der Waals surface area contributed by atoms with E-state index in [0.29, 0.717) is 19.4 Å². The quantitative estimate of drug-likeness (QED) is 0.434. The fourth-order valence-corrected chi connectivity index (χ4v) is 3.55. The van der Waals surface area contributed by atoms with E-state index in [1.165, 1.54) is 11.1 Å². The molecular weight excluding hydrogens is 376 g/mol. The number of furan rings is 1. The number of rotatable bonds is 8. The summed E-state index contributed by atoms with van der Waals surface area (Å²) >= 11 is 0. The summed E-state index contributed by atoms with van der Waals surface area (Å²) in [6, 6.07) is 18.1. The molecule has 30 heavy (non-hydrogen) atoms. The summed E-state index contributed by atoms with van der Waals surface area (Å²) in [5.41, 5.74) is 4.49. The maximum Gasteiger partial charge on any atom is 0.220 e. The molecule has 2 N–H and O–H groups in total. The van der Waals surface area contributed by atoms with Crippen molar-refractivity contribution in [2.24, 2.45) is 0 Å². The Morgan fingerprint density at radius 2 is 1.90 bits per heavy atom. The van der Waals surface area contributed by atoms with Crippen LogP contribution in [0.3, 0.4) is 0 Å². The number of ether oxygens (including phenoxy) is 1. The van der Waals surface area contributed by atoms with Crippen LogP contribution in [-0.2, 0) is 17.6 Å². The summed E-state index contributed by atoms with van der Waals surface area (Å²) in [7, 11) is 1.66. The van der Waals surface area contributed by atoms with Crippen molar-refractivity contribution in [1.82, 2.24) is 10.3 Å². The van der Waals surface area contributed by atoms with E-state index in [2.05, 4.69) is 29.4 Å². The van der Waals surface area contributed by atoms with E-state index >= 15 is 0 Å². The molecule has 0 aliphatic heterocycles. The third-order valence-corrected chi connectivity index (χ3v) is 5.29. The van der Waals surface area contributed by atoms with Gasteiger partial charge in [-0.05, 0) is 43.2 Å². The number of carbonyl (C=O) groups excluding carboxylic acids is 1. The Hall–Kier alpha value is -3.47. The smallest absolute Gasteiger partial charge is 0.220 e. The average Bonchev–Trinajstić information content (AvgIpc) is 3.40. The SMILES string of the molecule is COc1ccc2c(CCNC(=O)CCc3ccc(-c4ccc(C)cc4)o3)c[nH]c2c1. The van der Waals surface area contributed by atoms with Gasteiger partial charge >= 0.3 is 0 Å². The summed E-state index contributed by atoms with van der Waals surface area (Å²) < 4.78 is 11.2. The number of carbonyl (C=O) groups is 1. The molecule has 0 unspecified atom stereocenters. The molecule has 4 rings (SSSR count). The van der Waals surface area contributed by atoms with Crippen molar-refractivity contribution < 1.29 is 13.9 Å². The maximum atomic E-state index is 12.2. The molecule has 2 aromatic heterocycles. The second-order valence-electron chi connectivity index (χ2n) is 7.46. The summed E-state index contributed by atoms with van der Waals surface area (Å²) in [6.45, 7) is 2.66. The van der Waals surface area contributed by atoms with Crippen molar-refractivity contribution in [2.45, 2.75) is 26.2 Å². The number of fused-ring (bicyclic) bond motifs is 1. The highest BCUT2D eigenvalue weighted by atomic mass is 16.5. The van der Waals surface area contributed by atoms with E-state index in [9.17, 15) is 4.79 Å². The number of nitrogens with one attached hydrogen (secondary N) is 2. The van der Waals surface area contributed by atoms with Crippen LogP contribution in [0, 0.1) is 6.92 Å². The highest BCUT2D eigenvalue weighted by molar-refractivity contribution is 5.84. The monoisotopic (exact) mass is 402 g/mol. The minimum Gasteiger partial charge on any atom is -0.497 e. The van der Waals surface area contributed by atoms with Crippen molar-refractivity contribution in [3.05, 3.63) is 77.7 Å². The van der Waals surface area contributed by atoms with Crippen LogP contribution < -0.4 is 10.1 Å². The number of methoxy groups -OCH3 is 1. The van der Waals surface area contributed by atoms with Crippen molar-refractivity contribution in [2.75, 3.05) is 13.7 Å². The summed E-state index contributed by atoms with van der Waals surface area (Å²) in [6.07, 6.45) is 3.76. The highest BCUT2D eigenvalue weighted by Gasteiger charge is 2.09. The van der Waals surface area contributed by atoms with Gasteiger partial charge in [0.25, 0.3) is 0 Å². The summed E-state index contributed by atoms with van der Waals surface area (Å²) in [5.74, 6) is 2.52. The molecule has 2 heterocycles. The number of H-pyrrole nitrogens is 1. The maximum absolute atomic E-state index is 12.2. The van der Waals surface area contributed by atoms with Crippen LogP contribution in [0.1, 0.15) is 23.3 Å². The van der Waals surface area contributed by atoms with Gasteiger partial charge in [-0.3, -0.25) is 4.79 Å². The van der Waals surface area contributed by atoms with Gasteiger partial charge in [0, 0.05) is 48.1 Å². The average molecular weight is 402 g/mol. The summed E-state index contributed by atoms with van der Waals surface area (Å²) in [4.78, 5) is 15.5. The lowest BCUT2D eigenvalue weighted by molar-refractivity contribution is -0.121. The molecule has 0 aliphatic rings. The first-order valence-corrected chi connectivity index (χ1v) is 10.2. The Morgan fingerprint density at radius 3 is 2.70 bits per heavy atom. The van der Waals surface area contributed by atoms with E-state index < -0.39 is 0 Å². The summed E-state index contributed by atoms with van der Waals surface area (Å²) in [5, 5.41) is 4.16. The number of aryl methyl sites for hydroxylation is 2. The van der Waals surface area contributed by atoms with Crippen molar-refractivity contribution >= 4 is 16.8 Å². The lowest BCUT2D eigenvalue weighted by atomic mass is 10.1. The number of amides is 1. The third kappa shape index (κ3) is 4.57. The Labute approximate surface area is 176 Å². The van der Waals surface area contributed by atoms with Gasteiger partial charge in [0.05, 0.1) is 7.11 Å². The zero-order valence-electron chi connectivity index (χ0n) is 17.3. The molecule has 5 nitrogen and oxygen atoms in total. The van der Waals surface area contributed by atoms with Gasteiger partial charge in [0.15, 0.2) is 0 Å². The number of aromatic nitrogens is 1. The van der Waals surface area contributed by atoms with E-state index in [1.54, 1.807) is 7.11 Å². The molecular formula is C25H26N2O3. The molecule has 0 aliphatic carbocycles. The Kier molecular flexibility index (Phi) is 5.89. The van der Waals surface area contributed by atoms with Crippen LogP contribution in [0.4, 0.5) is 0 Å². The Balaban J connectivity index is 1.25. The van der Waals surface area contributed by atoms with Crippen molar-refractivity contribution in [3.8, 4) is 17.1 Å². The zero-order valence-corrected chi connectivity index (χ0v) is 17.3. The van der Waals surface area contributed by atoms with Crippen LogP contribution in [0.2, 0.25) is 0 Å². The molecule has 0 bridgehead atoms. The predicted molar refractivity (Wildman–Crippen MR) is 119 cm³/mol. The number of hydrogen-bond donors (Lipinski definition) is 2. The number of hydrogen-bond acceptors (Lipinski definition) is 3. The highest BCUT2D eigenvalue weighted by Crippen LogP contribution is 2.24. The van der Waals surface area contributed by atoms with Crippen molar-refractivity contribution in [3.63, 3.8) is 0 Å². The molecule has 0 fully saturated rings. The topological polar surface area (TPSA) is 67.3 Å². The minimum absolute atomic E-state index is 0.0322. The molecule has 0 saturated heterocycles. The van der Waals surface area contributed by atoms with Gasteiger partial charge in [-0.25, -0.2) is 0 Å². The lowest BCUT2D eigenvalue weighted by Crippen LogP contribution is -2.25. The van der Waals surface area contributed by atoms with E-state index in [1.807, 2.05) is 48.7 Å². The van der Waals surface area contributed by atoms with Crippen LogP contribution in [-0.4, -0.2) is 24.5 Å². The van der Waals surface area contributed by atoms with Gasteiger partial charge in [0.1, 0.15) is 17.3 Å². The first-order valence-electron chi connectivity index (χ1n) is 10.2. The van der Waals surface area contributed by atoms with Crippen molar-refractivity contribution in [1.29, 1.82) is 0 Å². The normalized spacial score (nSPS) is 11.0. The zero-order chi connectivity index (χ0) is 20.9. The minimum atomic E-state index is 0.0322. The molecule has 4 aromatic rings. The van der Waals surface area contributed by atoms with Crippen LogP contribution in [0.25, 0.3) is 22.2 Å². The fraction of sp³-hybridized carbons (Fsp3) is 0.240. The fourth-order valence-electron chi connectivity index (χ4n) is 3.55. The molecule has 154 valence electrons. The molecule has 0 spiro atoms. The molecule has 0 atom stereocenters. The second kappa shape index (κ2) is 8.91. The van der Waals surface area contributed by atoms with E-state index in [0.717, 1.165) is 40.2 Å². The number of aromatic amines is 1. The molecule has 1 amide bonds. The molecule has 0 saturated carbocycles. The van der Waals surface area contributed by atoms with E-state index in [-0.39, 0.29) is 5.91 Å². The van der Waals surface area contributed by atoms with Gasteiger partial charge < -0.3 is 19.5 Å². The largest absolute Gasteiger partial charge is 0.497 e. The predicted octanol–water partition coefficient (Wildman–Crippen LogP) is 5.04.